The summed E-state index contributed by atoms with van der Waals surface area (Å²) in [6.07, 6.45) is 3.51. The number of hydrogen-bond donors (Lipinski definition) is 1. The van der Waals surface area contributed by atoms with Gasteiger partial charge in [-0.1, -0.05) is 37.0 Å². The number of rotatable bonds is 7. The number of benzene rings is 2. The molecule has 0 radical (unpaired) electrons. The zero-order valence-corrected chi connectivity index (χ0v) is 20.0. The Labute approximate surface area is 194 Å². The first-order chi connectivity index (χ1) is 14.8. The van der Waals surface area contributed by atoms with E-state index in [0.29, 0.717) is 23.8 Å². The van der Waals surface area contributed by atoms with Gasteiger partial charge in [-0.05, 0) is 55.7 Å². The fourth-order valence-electron chi connectivity index (χ4n) is 3.73. The summed E-state index contributed by atoms with van der Waals surface area (Å²) in [5.74, 6) is -0.497. The fourth-order valence-corrected chi connectivity index (χ4v) is 5.71. The summed E-state index contributed by atoms with van der Waals surface area (Å²) >= 11 is 12.7. The highest BCUT2D eigenvalue weighted by Crippen LogP contribution is 2.31. The molecule has 1 aliphatic rings. The topological polar surface area (TPSA) is 69.7 Å². The third kappa shape index (κ3) is 5.34. The second-order valence-electron chi connectivity index (χ2n) is 7.40. The summed E-state index contributed by atoms with van der Waals surface area (Å²) in [6, 6.07) is 9.55. The van der Waals surface area contributed by atoms with Crippen LogP contribution in [0.4, 0.5) is 11.4 Å². The molecule has 1 fully saturated rings. The minimum absolute atomic E-state index is 0.0317. The monoisotopic (exact) mass is 483 g/mol. The summed E-state index contributed by atoms with van der Waals surface area (Å²) < 4.78 is 26.9. The van der Waals surface area contributed by atoms with E-state index >= 15 is 0 Å². The van der Waals surface area contributed by atoms with E-state index in [4.69, 9.17) is 23.2 Å². The van der Waals surface area contributed by atoms with Crippen molar-refractivity contribution in [3.05, 3.63) is 52.0 Å². The lowest BCUT2D eigenvalue weighted by atomic mass is 10.1. The van der Waals surface area contributed by atoms with Crippen molar-refractivity contribution in [3.63, 3.8) is 0 Å². The SMILES string of the molecule is CCN(CC)S(=O)(=O)c1ccc(Cl)c(C(=O)Nc2ccc(N3CCCCC3)c(Cl)c2)c1. The molecular weight excluding hydrogens is 457 g/mol. The van der Waals surface area contributed by atoms with Gasteiger partial charge in [0.05, 0.1) is 26.2 Å². The number of carbonyl (C=O) groups excluding carboxylic acids is 1. The van der Waals surface area contributed by atoms with Crippen LogP contribution in [-0.2, 0) is 10.0 Å². The molecule has 0 bridgehead atoms. The maximum absolute atomic E-state index is 12.9. The first kappa shape index (κ1) is 23.9. The lowest BCUT2D eigenvalue weighted by Gasteiger charge is -2.29. The zero-order chi connectivity index (χ0) is 22.6. The number of nitrogens with one attached hydrogen (secondary N) is 1. The van der Waals surface area contributed by atoms with Crippen molar-refractivity contribution in [3.8, 4) is 0 Å². The van der Waals surface area contributed by atoms with Crippen molar-refractivity contribution in [1.29, 1.82) is 0 Å². The normalized spacial score (nSPS) is 14.7. The van der Waals surface area contributed by atoms with E-state index in [1.807, 2.05) is 6.07 Å². The molecule has 31 heavy (non-hydrogen) atoms. The molecule has 0 saturated carbocycles. The highest BCUT2D eigenvalue weighted by Gasteiger charge is 2.24. The van der Waals surface area contributed by atoms with Crippen LogP contribution in [0.2, 0.25) is 10.0 Å². The Morgan fingerprint density at radius 3 is 2.29 bits per heavy atom. The first-order valence-corrected chi connectivity index (χ1v) is 12.6. The highest BCUT2D eigenvalue weighted by molar-refractivity contribution is 7.89. The average Bonchev–Trinajstić information content (AvgIpc) is 2.75. The number of anilines is 2. The number of piperidine rings is 1. The van der Waals surface area contributed by atoms with Crippen LogP contribution in [0.1, 0.15) is 43.5 Å². The number of nitrogens with zero attached hydrogens (tertiary/aromatic N) is 2. The van der Waals surface area contributed by atoms with Gasteiger partial charge in [-0.25, -0.2) is 8.42 Å². The lowest BCUT2D eigenvalue weighted by molar-refractivity contribution is 0.102. The number of amides is 1. The van der Waals surface area contributed by atoms with Crippen LogP contribution >= 0.6 is 23.2 Å². The Kier molecular flexibility index (Phi) is 7.86. The number of sulfonamides is 1. The Morgan fingerprint density at radius 2 is 1.68 bits per heavy atom. The molecule has 9 heteroatoms. The molecule has 3 rings (SSSR count). The van der Waals surface area contributed by atoms with Crippen molar-refractivity contribution >= 4 is 50.5 Å². The Bertz CT molecular complexity index is 1050. The molecule has 0 aromatic heterocycles. The van der Waals surface area contributed by atoms with Gasteiger partial charge in [0.2, 0.25) is 10.0 Å². The molecule has 0 aliphatic carbocycles. The van der Waals surface area contributed by atoms with Crippen LogP contribution in [0, 0.1) is 0 Å². The van der Waals surface area contributed by atoms with Crippen LogP contribution in [0.5, 0.6) is 0 Å². The predicted molar refractivity (Wildman–Crippen MR) is 127 cm³/mol. The minimum Gasteiger partial charge on any atom is -0.370 e. The van der Waals surface area contributed by atoms with E-state index in [1.54, 1.807) is 26.0 Å². The Balaban J connectivity index is 1.83. The molecule has 1 aliphatic heterocycles. The summed E-state index contributed by atoms with van der Waals surface area (Å²) in [4.78, 5) is 15.1. The molecule has 0 atom stereocenters. The van der Waals surface area contributed by atoms with Gasteiger partial charge in [0.15, 0.2) is 0 Å². The first-order valence-electron chi connectivity index (χ1n) is 10.4. The van der Waals surface area contributed by atoms with E-state index in [9.17, 15) is 13.2 Å². The molecule has 0 spiro atoms. The molecule has 0 unspecified atom stereocenters. The van der Waals surface area contributed by atoms with Gasteiger partial charge in [0.1, 0.15) is 0 Å². The van der Waals surface area contributed by atoms with Crippen LogP contribution in [-0.4, -0.2) is 44.8 Å². The van der Waals surface area contributed by atoms with Gasteiger partial charge in [0, 0.05) is 31.9 Å². The van der Waals surface area contributed by atoms with E-state index < -0.39 is 15.9 Å². The molecule has 2 aromatic carbocycles. The van der Waals surface area contributed by atoms with Crippen LogP contribution in [0.25, 0.3) is 0 Å². The van der Waals surface area contributed by atoms with E-state index in [2.05, 4.69) is 10.2 Å². The molecule has 2 aromatic rings. The van der Waals surface area contributed by atoms with Crippen molar-refractivity contribution in [2.75, 3.05) is 36.4 Å². The Hall–Kier alpha value is -1.80. The summed E-state index contributed by atoms with van der Waals surface area (Å²) in [5.41, 5.74) is 1.56. The highest BCUT2D eigenvalue weighted by atomic mass is 35.5. The van der Waals surface area contributed by atoms with Crippen molar-refractivity contribution in [1.82, 2.24) is 4.31 Å². The molecule has 1 heterocycles. The number of carbonyl (C=O) groups is 1. The maximum Gasteiger partial charge on any atom is 0.257 e. The van der Waals surface area contributed by atoms with Crippen LogP contribution in [0.15, 0.2) is 41.3 Å². The fraction of sp³-hybridized carbons (Fsp3) is 0.409. The second kappa shape index (κ2) is 10.2. The molecule has 1 amide bonds. The van der Waals surface area contributed by atoms with Gasteiger partial charge in [-0.2, -0.15) is 4.31 Å². The lowest BCUT2D eigenvalue weighted by Crippen LogP contribution is -2.30. The van der Waals surface area contributed by atoms with Crippen molar-refractivity contribution in [2.45, 2.75) is 38.0 Å². The average molecular weight is 484 g/mol. The minimum atomic E-state index is -3.70. The van der Waals surface area contributed by atoms with Crippen molar-refractivity contribution < 1.29 is 13.2 Å². The Morgan fingerprint density at radius 1 is 1.00 bits per heavy atom. The van der Waals surface area contributed by atoms with E-state index in [-0.39, 0.29) is 15.5 Å². The molecule has 168 valence electrons. The molecule has 6 nitrogen and oxygen atoms in total. The third-order valence-electron chi connectivity index (χ3n) is 5.43. The van der Waals surface area contributed by atoms with Crippen LogP contribution in [0.3, 0.4) is 0 Å². The van der Waals surface area contributed by atoms with E-state index in [0.717, 1.165) is 31.6 Å². The van der Waals surface area contributed by atoms with Gasteiger partial charge in [-0.3, -0.25) is 4.79 Å². The summed E-state index contributed by atoms with van der Waals surface area (Å²) in [5, 5.41) is 3.50. The second-order valence-corrected chi connectivity index (χ2v) is 10.2. The third-order valence-corrected chi connectivity index (χ3v) is 8.11. The summed E-state index contributed by atoms with van der Waals surface area (Å²) in [7, 11) is -3.70. The standard InChI is InChI=1S/C22H27Cl2N3O3S/c1-3-27(4-2)31(29,30)17-9-10-19(23)18(15-17)22(28)25-16-8-11-21(20(24)14-16)26-12-6-5-7-13-26/h8-11,14-15H,3-7,12-13H2,1-2H3,(H,25,28). The summed E-state index contributed by atoms with van der Waals surface area (Å²) in [6.45, 7) is 6.14. The van der Waals surface area contributed by atoms with Gasteiger partial charge in [0.25, 0.3) is 5.91 Å². The predicted octanol–water partition coefficient (Wildman–Crippen LogP) is 5.27. The number of halogens is 2. The molecule has 1 N–H and O–H groups in total. The van der Waals surface area contributed by atoms with Gasteiger partial charge < -0.3 is 10.2 Å². The molecule has 1 saturated heterocycles. The smallest absolute Gasteiger partial charge is 0.257 e. The largest absolute Gasteiger partial charge is 0.370 e. The quantitative estimate of drug-likeness (QED) is 0.582. The van der Waals surface area contributed by atoms with Crippen LogP contribution < -0.4 is 10.2 Å². The van der Waals surface area contributed by atoms with Crippen molar-refractivity contribution in [2.24, 2.45) is 0 Å². The zero-order valence-electron chi connectivity index (χ0n) is 17.7. The van der Waals surface area contributed by atoms with Gasteiger partial charge in [-0.15, -0.1) is 0 Å². The van der Waals surface area contributed by atoms with E-state index in [1.165, 1.54) is 28.9 Å². The number of hydrogen-bond acceptors (Lipinski definition) is 4. The van der Waals surface area contributed by atoms with Gasteiger partial charge >= 0.3 is 0 Å². The molecular formula is C22H27Cl2N3O3S. The maximum atomic E-state index is 12.9.